The average molecular weight is 489 g/mol. The lowest BCUT2D eigenvalue weighted by Gasteiger charge is -2.48. The second kappa shape index (κ2) is 10.8. The van der Waals surface area contributed by atoms with Gasteiger partial charge in [0.05, 0.1) is 17.7 Å². The zero-order valence-corrected chi connectivity index (χ0v) is 19.8. The van der Waals surface area contributed by atoms with Crippen molar-refractivity contribution in [2.45, 2.75) is 64.4 Å². The first kappa shape index (κ1) is 26.0. The second-order valence-corrected chi connectivity index (χ2v) is 8.07. The summed E-state index contributed by atoms with van der Waals surface area (Å²) in [5.74, 6) is -3.45. The summed E-state index contributed by atoms with van der Waals surface area (Å²) in [6, 6.07) is 4.87. The predicted molar refractivity (Wildman–Crippen MR) is 118 cm³/mol. The molecule has 0 aromatic heterocycles. The zero-order valence-electron chi connectivity index (χ0n) is 19.8. The molecule has 35 heavy (non-hydrogen) atoms. The van der Waals surface area contributed by atoms with Crippen molar-refractivity contribution in [1.82, 2.24) is 4.90 Å². The molecule has 0 aliphatic carbocycles. The Morgan fingerprint density at radius 1 is 1.00 bits per heavy atom. The molecule has 0 bridgehead atoms. The summed E-state index contributed by atoms with van der Waals surface area (Å²) >= 11 is 0. The Balaban J connectivity index is 2.12. The fraction of sp³-hybridized carbons (Fsp3) is 0.458. The summed E-state index contributed by atoms with van der Waals surface area (Å²) in [5, 5.41) is 0. The van der Waals surface area contributed by atoms with Gasteiger partial charge in [0, 0.05) is 20.8 Å². The highest BCUT2D eigenvalue weighted by molar-refractivity contribution is 6.21. The largest absolute Gasteiger partial charge is 0.460 e. The van der Waals surface area contributed by atoms with Crippen molar-refractivity contribution in [2.24, 2.45) is 0 Å². The van der Waals surface area contributed by atoms with Crippen LogP contribution in [0.3, 0.4) is 0 Å². The molecule has 6 atom stereocenters. The Morgan fingerprint density at radius 2 is 1.54 bits per heavy atom. The first-order valence-electron chi connectivity index (χ1n) is 10.9. The maximum Gasteiger partial charge on any atom is 0.303 e. The number of esters is 3. The molecule has 3 rings (SSSR count). The van der Waals surface area contributed by atoms with Gasteiger partial charge in [-0.1, -0.05) is 18.2 Å². The molecule has 2 amide bonds. The molecule has 2 heterocycles. The van der Waals surface area contributed by atoms with Crippen LogP contribution >= 0.6 is 0 Å². The van der Waals surface area contributed by atoms with Gasteiger partial charge in [-0.3, -0.25) is 28.9 Å². The number of hydrogen-bond acceptors (Lipinski definition) is 10. The van der Waals surface area contributed by atoms with Crippen molar-refractivity contribution in [1.29, 1.82) is 0 Å². The van der Waals surface area contributed by atoms with E-state index in [0.29, 0.717) is 0 Å². The van der Waals surface area contributed by atoms with Crippen LogP contribution in [0.15, 0.2) is 36.9 Å². The number of imide groups is 1. The third kappa shape index (κ3) is 5.41. The number of rotatable bonds is 8. The summed E-state index contributed by atoms with van der Waals surface area (Å²) in [6.07, 6.45) is -4.80. The molecule has 188 valence electrons. The number of carbonyl (C=O) groups excluding carboxylic acids is 5. The molecule has 0 radical (unpaired) electrons. The van der Waals surface area contributed by atoms with Gasteiger partial charge in [-0.25, -0.2) is 0 Å². The van der Waals surface area contributed by atoms with Gasteiger partial charge in [-0.05, 0) is 19.1 Å². The van der Waals surface area contributed by atoms with Gasteiger partial charge in [-0.15, -0.1) is 6.58 Å². The summed E-state index contributed by atoms with van der Waals surface area (Å²) < 4.78 is 28.0. The van der Waals surface area contributed by atoms with Gasteiger partial charge in [0.15, 0.2) is 18.5 Å². The molecule has 2 aliphatic heterocycles. The molecule has 11 heteroatoms. The molecule has 1 aromatic carbocycles. The molecule has 1 aromatic rings. The van der Waals surface area contributed by atoms with Crippen LogP contribution in [0.25, 0.3) is 0 Å². The molecule has 0 N–H and O–H groups in total. The molecule has 1 saturated heterocycles. The SMILES string of the molecule is C=CCO[C@@H]1O[C@H]([C@H](C)OC(C)=O)[C@@H](OC(C)=O)[C@H](OC(C)=O)[C@H]1N1C(=O)c2ccccc2C1=O. The maximum atomic E-state index is 13.3. The van der Waals surface area contributed by atoms with E-state index in [2.05, 4.69) is 6.58 Å². The standard InChI is InChI=1S/C24H27NO10/c1-6-11-31-24-18(25-22(29)16-9-7-8-10-17(16)23(25)30)20(33-14(4)27)21(34-15(5)28)19(35-24)12(2)32-13(3)26/h6-10,12,18-21,24H,1,11H2,2-5H3/t12-,18+,19+,20+,21+,24+/m0/s1. The Labute approximate surface area is 201 Å². The minimum Gasteiger partial charge on any atom is -0.460 e. The Kier molecular flexibility index (Phi) is 8.03. The molecular formula is C24H27NO10. The number of nitrogens with zero attached hydrogens (tertiary/aromatic N) is 1. The van der Waals surface area contributed by atoms with E-state index in [1.165, 1.54) is 32.1 Å². The Hall–Kier alpha value is -3.57. The molecule has 11 nitrogen and oxygen atoms in total. The van der Waals surface area contributed by atoms with E-state index in [0.717, 1.165) is 18.7 Å². The smallest absolute Gasteiger partial charge is 0.303 e. The highest BCUT2D eigenvalue weighted by Crippen LogP contribution is 2.36. The molecular weight excluding hydrogens is 462 g/mol. The highest BCUT2D eigenvalue weighted by Gasteiger charge is 2.58. The van der Waals surface area contributed by atoms with E-state index >= 15 is 0 Å². The minimum absolute atomic E-state index is 0.0516. The van der Waals surface area contributed by atoms with Gasteiger partial charge in [0.2, 0.25) is 0 Å². The van der Waals surface area contributed by atoms with E-state index in [-0.39, 0.29) is 17.7 Å². The van der Waals surface area contributed by atoms with Crippen LogP contribution in [-0.2, 0) is 38.1 Å². The van der Waals surface area contributed by atoms with Crippen LogP contribution < -0.4 is 0 Å². The fourth-order valence-corrected chi connectivity index (χ4v) is 4.26. The first-order chi connectivity index (χ1) is 16.6. The summed E-state index contributed by atoms with van der Waals surface area (Å²) in [5.41, 5.74) is 0.307. The number of hydrogen-bond donors (Lipinski definition) is 0. The zero-order chi connectivity index (χ0) is 25.9. The summed E-state index contributed by atoms with van der Waals surface area (Å²) in [4.78, 5) is 63.2. The molecule has 0 unspecified atom stereocenters. The lowest BCUT2D eigenvalue weighted by Crippen LogP contribution is -2.68. The lowest BCUT2D eigenvalue weighted by molar-refractivity contribution is -0.292. The van der Waals surface area contributed by atoms with E-state index in [9.17, 15) is 24.0 Å². The van der Waals surface area contributed by atoms with Crippen molar-refractivity contribution < 1.29 is 47.7 Å². The monoisotopic (exact) mass is 489 g/mol. The minimum atomic E-state index is -1.40. The number of fused-ring (bicyclic) bond motifs is 1. The third-order valence-corrected chi connectivity index (χ3v) is 5.47. The predicted octanol–water partition coefficient (Wildman–Crippen LogP) is 1.39. The van der Waals surface area contributed by atoms with E-state index in [1.807, 2.05) is 0 Å². The van der Waals surface area contributed by atoms with Crippen molar-refractivity contribution in [2.75, 3.05) is 6.61 Å². The Bertz CT molecular complexity index is 1000. The molecule has 1 fully saturated rings. The molecule has 0 saturated carbocycles. The lowest BCUT2D eigenvalue weighted by atomic mass is 9.92. The quantitative estimate of drug-likeness (QED) is 0.228. The maximum absolute atomic E-state index is 13.3. The normalized spacial score (nSPS) is 26.5. The van der Waals surface area contributed by atoms with Crippen LogP contribution in [-0.4, -0.2) is 78.0 Å². The number of amides is 2. The van der Waals surface area contributed by atoms with Gasteiger partial charge in [0.1, 0.15) is 18.2 Å². The van der Waals surface area contributed by atoms with Gasteiger partial charge < -0.3 is 23.7 Å². The Morgan fingerprint density at radius 3 is 2.03 bits per heavy atom. The van der Waals surface area contributed by atoms with Crippen molar-refractivity contribution >= 4 is 29.7 Å². The second-order valence-electron chi connectivity index (χ2n) is 8.07. The van der Waals surface area contributed by atoms with E-state index in [4.69, 9.17) is 23.7 Å². The van der Waals surface area contributed by atoms with Crippen molar-refractivity contribution in [3.63, 3.8) is 0 Å². The van der Waals surface area contributed by atoms with E-state index < -0.39 is 66.5 Å². The average Bonchev–Trinajstić information content (AvgIpc) is 3.02. The van der Waals surface area contributed by atoms with Gasteiger partial charge >= 0.3 is 17.9 Å². The third-order valence-electron chi connectivity index (χ3n) is 5.47. The topological polar surface area (TPSA) is 135 Å². The van der Waals surface area contributed by atoms with E-state index in [1.54, 1.807) is 12.1 Å². The van der Waals surface area contributed by atoms with Crippen LogP contribution in [0.4, 0.5) is 0 Å². The van der Waals surface area contributed by atoms with Gasteiger partial charge in [-0.2, -0.15) is 0 Å². The van der Waals surface area contributed by atoms with Crippen molar-refractivity contribution in [3.05, 3.63) is 48.0 Å². The first-order valence-corrected chi connectivity index (χ1v) is 10.9. The van der Waals surface area contributed by atoms with Crippen molar-refractivity contribution in [3.8, 4) is 0 Å². The van der Waals surface area contributed by atoms with Gasteiger partial charge in [0.25, 0.3) is 11.8 Å². The van der Waals surface area contributed by atoms with Crippen LogP contribution in [0.2, 0.25) is 0 Å². The van der Waals surface area contributed by atoms with Crippen LogP contribution in [0.1, 0.15) is 48.4 Å². The highest BCUT2D eigenvalue weighted by atomic mass is 16.7. The summed E-state index contributed by atoms with van der Waals surface area (Å²) in [7, 11) is 0. The summed E-state index contributed by atoms with van der Waals surface area (Å²) in [6.45, 7) is 8.50. The number of carbonyl (C=O) groups is 5. The van der Waals surface area contributed by atoms with Crippen LogP contribution in [0.5, 0.6) is 0 Å². The molecule has 2 aliphatic rings. The fourth-order valence-electron chi connectivity index (χ4n) is 4.26. The number of benzene rings is 1. The van der Waals surface area contributed by atoms with Crippen LogP contribution in [0, 0.1) is 0 Å². The number of ether oxygens (including phenoxy) is 5. The molecule has 0 spiro atoms.